The molecule has 18 heavy (non-hydrogen) atoms. The number of nitrogens with one attached hydrogen (secondary N) is 1. The van der Waals surface area contributed by atoms with E-state index in [1.165, 1.54) is 6.92 Å². The van der Waals surface area contributed by atoms with E-state index in [1.54, 1.807) is 24.3 Å². The first kappa shape index (κ1) is 14.0. The number of ether oxygens (including phenoxy) is 1. The van der Waals surface area contributed by atoms with Gasteiger partial charge in [-0.25, -0.2) is 9.59 Å². The minimum Gasteiger partial charge on any atom is -0.480 e. The molecule has 0 fully saturated rings. The van der Waals surface area contributed by atoms with E-state index in [0.717, 1.165) is 5.56 Å². The zero-order valence-electron chi connectivity index (χ0n) is 9.87. The molecule has 3 N–H and O–H groups in total. The highest BCUT2D eigenvalue weighted by Gasteiger charge is 2.25. The van der Waals surface area contributed by atoms with Gasteiger partial charge in [-0.2, -0.15) is 0 Å². The molecular formula is C12H15NO5. The Bertz CT molecular complexity index is 404. The van der Waals surface area contributed by atoms with Gasteiger partial charge in [-0.3, -0.25) is 0 Å². The Morgan fingerprint density at radius 2 is 1.94 bits per heavy atom. The average molecular weight is 253 g/mol. The van der Waals surface area contributed by atoms with Crippen LogP contribution in [0.5, 0.6) is 0 Å². The smallest absolute Gasteiger partial charge is 0.408 e. The molecule has 1 aromatic carbocycles. The van der Waals surface area contributed by atoms with E-state index in [9.17, 15) is 9.59 Å². The zero-order chi connectivity index (χ0) is 13.5. The van der Waals surface area contributed by atoms with Gasteiger partial charge in [0.1, 0.15) is 6.61 Å². The van der Waals surface area contributed by atoms with Crippen molar-refractivity contribution in [3.8, 4) is 0 Å². The van der Waals surface area contributed by atoms with Gasteiger partial charge in [0.05, 0.1) is 6.10 Å². The quantitative estimate of drug-likeness (QED) is 0.719. The summed E-state index contributed by atoms with van der Waals surface area (Å²) in [5.41, 5.74) is 0.788. The van der Waals surface area contributed by atoms with E-state index in [0.29, 0.717) is 0 Å². The molecule has 0 aliphatic carbocycles. The molecule has 0 saturated carbocycles. The molecule has 0 aromatic heterocycles. The second-order valence-electron chi connectivity index (χ2n) is 3.76. The molecule has 0 unspecified atom stereocenters. The Morgan fingerprint density at radius 3 is 2.44 bits per heavy atom. The molecule has 98 valence electrons. The van der Waals surface area contributed by atoms with Crippen LogP contribution < -0.4 is 5.32 Å². The van der Waals surface area contributed by atoms with Crippen LogP contribution in [0.1, 0.15) is 12.5 Å². The molecule has 0 aliphatic heterocycles. The number of aliphatic carboxylic acids is 1. The fourth-order valence-corrected chi connectivity index (χ4v) is 1.28. The molecule has 0 aliphatic rings. The van der Waals surface area contributed by atoms with Crippen LogP contribution in [0.4, 0.5) is 4.79 Å². The normalized spacial score (nSPS) is 13.4. The Morgan fingerprint density at radius 1 is 1.33 bits per heavy atom. The van der Waals surface area contributed by atoms with Crippen LogP contribution in [0.3, 0.4) is 0 Å². The molecular weight excluding hydrogens is 238 g/mol. The van der Waals surface area contributed by atoms with Crippen molar-refractivity contribution in [2.75, 3.05) is 0 Å². The molecule has 0 bridgehead atoms. The summed E-state index contributed by atoms with van der Waals surface area (Å²) in [6, 6.07) is 7.59. The summed E-state index contributed by atoms with van der Waals surface area (Å²) in [5.74, 6) is -1.32. The number of carbonyl (C=O) groups excluding carboxylic acids is 1. The minimum absolute atomic E-state index is 0.0405. The summed E-state index contributed by atoms with van der Waals surface area (Å²) < 4.78 is 4.83. The van der Waals surface area contributed by atoms with Crippen LogP contribution in [0.2, 0.25) is 0 Å². The van der Waals surface area contributed by atoms with Gasteiger partial charge in [-0.1, -0.05) is 30.3 Å². The third kappa shape index (κ3) is 4.42. The maximum Gasteiger partial charge on any atom is 0.408 e. The Labute approximate surface area is 104 Å². The highest BCUT2D eigenvalue weighted by Crippen LogP contribution is 2.01. The number of carboxylic acids is 1. The molecule has 0 saturated heterocycles. The van der Waals surface area contributed by atoms with Gasteiger partial charge in [0.25, 0.3) is 0 Å². The first-order valence-electron chi connectivity index (χ1n) is 5.39. The Balaban J connectivity index is 2.44. The summed E-state index contributed by atoms with van der Waals surface area (Å²) in [4.78, 5) is 22.0. The number of hydrogen-bond donors (Lipinski definition) is 3. The van der Waals surface area contributed by atoms with Crippen LogP contribution >= 0.6 is 0 Å². The number of aliphatic hydroxyl groups is 1. The molecule has 0 radical (unpaired) electrons. The molecule has 0 spiro atoms. The Kier molecular flexibility index (Phi) is 5.13. The van der Waals surface area contributed by atoms with Crippen molar-refractivity contribution in [3.05, 3.63) is 35.9 Å². The lowest BCUT2D eigenvalue weighted by molar-refractivity contribution is -0.142. The van der Waals surface area contributed by atoms with Crippen LogP contribution in [-0.4, -0.2) is 34.4 Å². The van der Waals surface area contributed by atoms with Crippen molar-refractivity contribution >= 4 is 12.1 Å². The summed E-state index contributed by atoms with van der Waals surface area (Å²) >= 11 is 0. The van der Waals surface area contributed by atoms with E-state index >= 15 is 0 Å². The van der Waals surface area contributed by atoms with Crippen molar-refractivity contribution < 1.29 is 24.5 Å². The third-order valence-electron chi connectivity index (χ3n) is 2.23. The monoisotopic (exact) mass is 253 g/mol. The fourth-order valence-electron chi connectivity index (χ4n) is 1.28. The minimum atomic E-state index is -1.38. The number of amides is 1. The van der Waals surface area contributed by atoms with E-state index < -0.39 is 24.2 Å². The van der Waals surface area contributed by atoms with Crippen molar-refractivity contribution in [3.63, 3.8) is 0 Å². The molecule has 6 nitrogen and oxygen atoms in total. The van der Waals surface area contributed by atoms with Crippen LogP contribution in [-0.2, 0) is 16.1 Å². The van der Waals surface area contributed by atoms with Crippen molar-refractivity contribution in [2.45, 2.75) is 25.7 Å². The van der Waals surface area contributed by atoms with Gasteiger partial charge in [0.15, 0.2) is 6.04 Å². The molecule has 6 heteroatoms. The number of alkyl carbamates (subject to hydrolysis) is 1. The summed E-state index contributed by atoms with van der Waals surface area (Å²) in [5, 5.41) is 20.0. The van der Waals surface area contributed by atoms with E-state index in [4.69, 9.17) is 14.9 Å². The first-order chi connectivity index (χ1) is 8.50. The first-order valence-corrected chi connectivity index (χ1v) is 5.39. The van der Waals surface area contributed by atoms with Crippen molar-refractivity contribution in [1.82, 2.24) is 5.32 Å². The fraction of sp³-hybridized carbons (Fsp3) is 0.333. The van der Waals surface area contributed by atoms with Crippen molar-refractivity contribution in [2.24, 2.45) is 0 Å². The molecule has 1 aromatic rings. The highest BCUT2D eigenvalue weighted by atomic mass is 16.5. The molecule has 0 heterocycles. The predicted molar refractivity (Wildman–Crippen MR) is 62.9 cm³/mol. The van der Waals surface area contributed by atoms with Gasteiger partial charge in [0, 0.05) is 0 Å². The highest BCUT2D eigenvalue weighted by molar-refractivity contribution is 5.80. The van der Waals surface area contributed by atoms with Crippen LogP contribution in [0, 0.1) is 0 Å². The molecule has 1 amide bonds. The van der Waals surface area contributed by atoms with Gasteiger partial charge in [-0.15, -0.1) is 0 Å². The maximum atomic E-state index is 11.3. The lowest BCUT2D eigenvalue weighted by atomic mass is 10.2. The maximum absolute atomic E-state index is 11.3. The average Bonchev–Trinajstić information content (AvgIpc) is 2.34. The SMILES string of the molecule is C[C@@H](O)[C@@H](NC(=O)OCc1ccccc1)C(=O)O. The third-order valence-corrected chi connectivity index (χ3v) is 2.23. The topological polar surface area (TPSA) is 95.9 Å². The number of carbonyl (C=O) groups is 2. The number of carboxylic acid groups (broad SMARTS) is 1. The Hall–Kier alpha value is -2.08. The van der Waals surface area contributed by atoms with E-state index in [1.807, 2.05) is 6.07 Å². The summed E-state index contributed by atoms with van der Waals surface area (Å²) in [7, 11) is 0. The second kappa shape index (κ2) is 6.61. The lowest BCUT2D eigenvalue weighted by Gasteiger charge is -2.16. The number of hydrogen-bond acceptors (Lipinski definition) is 4. The molecule has 1 rings (SSSR count). The van der Waals surface area contributed by atoms with Crippen molar-refractivity contribution in [1.29, 1.82) is 0 Å². The second-order valence-corrected chi connectivity index (χ2v) is 3.76. The number of benzene rings is 1. The standard InChI is InChI=1S/C12H15NO5/c1-8(14)10(11(15)16)13-12(17)18-7-9-5-3-2-4-6-9/h2-6,8,10,14H,7H2,1H3,(H,13,17)(H,15,16)/t8-,10-/m1/s1. The predicted octanol–water partition coefficient (Wildman–Crippen LogP) is 0.747. The zero-order valence-corrected chi connectivity index (χ0v) is 9.87. The van der Waals surface area contributed by atoms with E-state index in [2.05, 4.69) is 5.32 Å². The number of rotatable bonds is 5. The molecule has 2 atom stereocenters. The van der Waals surface area contributed by atoms with Gasteiger partial charge < -0.3 is 20.3 Å². The van der Waals surface area contributed by atoms with E-state index in [-0.39, 0.29) is 6.61 Å². The summed E-state index contributed by atoms with van der Waals surface area (Å²) in [6.45, 7) is 1.31. The lowest BCUT2D eigenvalue weighted by Crippen LogP contribution is -2.47. The summed E-state index contributed by atoms with van der Waals surface area (Å²) in [6.07, 6.45) is -2.08. The number of aliphatic hydroxyl groups excluding tert-OH is 1. The van der Waals surface area contributed by atoms with Gasteiger partial charge >= 0.3 is 12.1 Å². The van der Waals surface area contributed by atoms with Gasteiger partial charge in [-0.05, 0) is 12.5 Å². The van der Waals surface area contributed by atoms with Gasteiger partial charge in [0.2, 0.25) is 0 Å². The largest absolute Gasteiger partial charge is 0.480 e. The van der Waals surface area contributed by atoms with Crippen LogP contribution in [0.25, 0.3) is 0 Å². The van der Waals surface area contributed by atoms with Crippen LogP contribution in [0.15, 0.2) is 30.3 Å².